The van der Waals surface area contributed by atoms with Crippen molar-refractivity contribution in [1.29, 1.82) is 0 Å². The maximum absolute atomic E-state index is 12.9. The van der Waals surface area contributed by atoms with E-state index in [1.807, 2.05) is 24.3 Å². The Labute approximate surface area is 152 Å². The average Bonchev–Trinajstić information content (AvgIpc) is 2.93. The summed E-state index contributed by atoms with van der Waals surface area (Å²) in [6, 6.07) is 14.0. The summed E-state index contributed by atoms with van der Waals surface area (Å²) in [5.41, 5.74) is 2.82. The van der Waals surface area contributed by atoms with Crippen LogP contribution in [0.3, 0.4) is 0 Å². The van der Waals surface area contributed by atoms with Gasteiger partial charge in [-0.25, -0.2) is 12.7 Å². The first-order chi connectivity index (χ1) is 12.5. The number of para-hydroxylation sites is 1. The Bertz CT molecular complexity index is 983. The molecule has 0 spiro atoms. The number of amides is 2. The lowest BCUT2D eigenvalue weighted by Crippen LogP contribution is -2.35. The number of carbonyl (C=O) groups is 2. The van der Waals surface area contributed by atoms with E-state index < -0.39 is 15.9 Å². The van der Waals surface area contributed by atoms with E-state index in [1.54, 1.807) is 17.0 Å². The molecule has 134 valence electrons. The predicted octanol–water partition coefficient (Wildman–Crippen LogP) is 2.35. The first-order valence-corrected chi connectivity index (χ1v) is 10.1. The fourth-order valence-corrected chi connectivity index (χ4v) is 4.97. The molecule has 2 aromatic rings. The van der Waals surface area contributed by atoms with Crippen LogP contribution in [0.4, 0.5) is 11.4 Å². The van der Waals surface area contributed by atoms with Gasteiger partial charge in [-0.2, -0.15) is 0 Å². The molecule has 4 rings (SSSR count). The van der Waals surface area contributed by atoms with Crippen molar-refractivity contribution in [2.45, 2.75) is 19.3 Å². The van der Waals surface area contributed by atoms with E-state index in [2.05, 4.69) is 0 Å². The Morgan fingerprint density at radius 2 is 1.69 bits per heavy atom. The molecule has 1 fully saturated rings. The third-order valence-corrected chi connectivity index (χ3v) is 6.47. The summed E-state index contributed by atoms with van der Waals surface area (Å²) >= 11 is 0. The molecule has 0 atom stereocenters. The minimum Gasteiger partial charge on any atom is -0.308 e. The number of sulfonamides is 1. The van der Waals surface area contributed by atoms with Gasteiger partial charge < -0.3 is 4.90 Å². The predicted molar refractivity (Wildman–Crippen MR) is 98.8 cm³/mol. The van der Waals surface area contributed by atoms with Crippen molar-refractivity contribution in [1.82, 2.24) is 0 Å². The van der Waals surface area contributed by atoms with E-state index in [0.29, 0.717) is 12.1 Å². The van der Waals surface area contributed by atoms with Crippen LogP contribution >= 0.6 is 0 Å². The third kappa shape index (κ3) is 2.78. The largest absolute Gasteiger partial charge is 0.308 e. The minimum absolute atomic E-state index is 0.00637. The van der Waals surface area contributed by atoms with Crippen LogP contribution in [0.5, 0.6) is 0 Å². The molecular formula is C19H18N2O4S. The topological polar surface area (TPSA) is 74.8 Å². The second-order valence-electron chi connectivity index (χ2n) is 6.46. The molecule has 2 aromatic carbocycles. The fraction of sp³-hybridized carbons (Fsp3) is 0.263. The van der Waals surface area contributed by atoms with Crippen LogP contribution in [0, 0.1) is 0 Å². The number of carbonyl (C=O) groups excluding carboxylic acids is 2. The van der Waals surface area contributed by atoms with Crippen LogP contribution in [0.1, 0.15) is 28.8 Å². The highest BCUT2D eigenvalue weighted by Crippen LogP contribution is 2.29. The zero-order valence-electron chi connectivity index (χ0n) is 14.1. The molecule has 2 amide bonds. The molecule has 2 heterocycles. The standard InChI is InChI=1S/C19H18N2O4S/c22-18-11-13-26(24,25)21(18)16-9-7-15(8-10-16)19(23)20-12-3-5-14-4-1-2-6-17(14)20/h1-2,4,6-10H,3,5,11-13H2. The highest BCUT2D eigenvalue weighted by Gasteiger charge is 2.36. The SMILES string of the molecule is O=C(c1ccc(N2C(=O)CCS2(=O)=O)cc1)N1CCCc2ccccc21. The number of anilines is 2. The van der Waals surface area contributed by atoms with Gasteiger partial charge in [-0.15, -0.1) is 0 Å². The average molecular weight is 370 g/mol. The summed E-state index contributed by atoms with van der Waals surface area (Å²) in [5.74, 6) is -0.731. The van der Waals surface area contributed by atoms with Crippen LogP contribution in [0.15, 0.2) is 48.5 Å². The summed E-state index contributed by atoms with van der Waals surface area (Å²) in [7, 11) is -3.59. The van der Waals surface area contributed by atoms with Crippen molar-refractivity contribution >= 4 is 33.2 Å². The maximum atomic E-state index is 12.9. The van der Waals surface area contributed by atoms with Gasteiger partial charge in [-0.05, 0) is 48.7 Å². The molecule has 6 nitrogen and oxygen atoms in total. The molecule has 2 aliphatic rings. The molecule has 7 heteroatoms. The maximum Gasteiger partial charge on any atom is 0.258 e. The van der Waals surface area contributed by atoms with Gasteiger partial charge in [0.25, 0.3) is 5.91 Å². The fourth-order valence-electron chi connectivity index (χ4n) is 3.51. The van der Waals surface area contributed by atoms with Gasteiger partial charge in [0.2, 0.25) is 15.9 Å². The molecule has 0 aromatic heterocycles. The van der Waals surface area contributed by atoms with Crippen LogP contribution < -0.4 is 9.21 Å². The van der Waals surface area contributed by atoms with Crippen LogP contribution in [0.25, 0.3) is 0 Å². The number of hydrogen-bond acceptors (Lipinski definition) is 4. The summed E-state index contributed by atoms with van der Waals surface area (Å²) < 4.78 is 24.8. The summed E-state index contributed by atoms with van der Waals surface area (Å²) in [6.07, 6.45) is 1.85. The van der Waals surface area contributed by atoms with Crippen molar-refractivity contribution in [3.05, 3.63) is 59.7 Å². The quantitative estimate of drug-likeness (QED) is 0.813. The van der Waals surface area contributed by atoms with E-state index in [-0.39, 0.29) is 23.8 Å². The van der Waals surface area contributed by atoms with E-state index in [0.717, 1.165) is 28.4 Å². The molecule has 0 unspecified atom stereocenters. The number of fused-ring (bicyclic) bond motifs is 1. The summed E-state index contributed by atoms with van der Waals surface area (Å²) in [4.78, 5) is 26.5. The Balaban J connectivity index is 1.62. The highest BCUT2D eigenvalue weighted by atomic mass is 32.2. The highest BCUT2D eigenvalue weighted by molar-refractivity contribution is 7.94. The molecule has 2 aliphatic heterocycles. The Hall–Kier alpha value is -2.67. The van der Waals surface area contributed by atoms with Gasteiger partial charge in [0.1, 0.15) is 0 Å². The Kier molecular flexibility index (Phi) is 4.03. The smallest absolute Gasteiger partial charge is 0.258 e. The molecule has 0 aliphatic carbocycles. The first kappa shape index (κ1) is 16.8. The third-order valence-electron chi connectivity index (χ3n) is 4.78. The summed E-state index contributed by atoms with van der Waals surface area (Å²) in [5, 5.41) is 0. The summed E-state index contributed by atoms with van der Waals surface area (Å²) in [6.45, 7) is 0.649. The molecular weight excluding hydrogens is 352 g/mol. The van der Waals surface area contributed by atoms with E-state index in [9.17, 15) is 18.0 Å². The van der Waals surface area contributed by atoms with Gasteiger partial charge in [-0.1, -0.05) is 18.2 Å². The molecule has 0 bridgehead atoms. The van der Waals surface area contributed by atoms with E-state index in [1.165, 1.54) is 12.1 Å². The lowest BCUT2D eigenvalue weighted by molar-refractivity contribution is -0.116. The Morgan fingerprint density at radius 3 is 2.38 bits per heavy atom. The lowest BCUT2D eigenvalue weighted by Gasteiger charge is -2.29. The van der Waals surface area contributed by atoms with Gasteiger partial charge >= 0.3 is 0 Å². The van der Waals surface area contributed by atoms with Crippen molar-refractivity contribution in [3.63, 3.8) is 0 Å². The Morgan fingerprint density at radius 1 is 0.962 bits per heavy atom. The number of aryl methyl sites for hydroxylation is 1. The van der Waals surface area contributed by atoms with E-state index >= 15 is 0 Å². The monoisotopic (exact) mass is 370 g/mol. The van der Waals surface area contributed by atoms with Crippen molar-refractivity contribution < 1.29 is 18.0 Å². The molecule has 0 radical (unpaired) electrons. The van der Waals surface area contributed by atoms with Gasteiger partial charge in [0.15, 0.2) is 0 Å². The zero-order chi connectivity index (χ0) is 18.3. The van der Waals surface area contributed by atoms with Gasteiger partial charge in [0.05, 0.1) is 11.4 Å². The van der Waals surface area contributed by atoms with Crippen LogP contribution in [0.2, 0.25) is 0 Å². The number of benzene rings is 2. The molecule has 0 saturated carbocycles. The molecule has 0 N–H and O–H groups in total. The number of nitrogens with zero attached hydrogens (tertiary/aromatic N) is 2. The van der Waals surface area contributed by atoms with Crippen molar-refractivity contribution in [2.75, 3.05) is 21.5 Å². The number of hydrogen-bond donors (Lipinski definition) is 0. The molecule has 1 saturated heterocycles. The minimum atomic E-state index is -3.59. The zero-order valence-corrected chi connectivity index (χ0v) is 14.9. The van der Waals surface area contributed by atoms with Crippen molar-refractivity contribution in [2.24, 2.45) is 0 Å². The normalized spacial score (nSPS) is 18.7. The van der Waals surface area contributed by atoms with Crippen molar-refractivity contribution in [3.8, 4) is 0 Å². The van der Waals surface area contributed by atoms with E-state index in [4.69, 9.17) is 0 Å². The van der Waals surface area contributed by atoms with Crippen LogP contribution in [-0.2, 0) is 21.2 Å². The second-order valence-corrected chi connectivity index (χ2v) is 8.40. The lowest BCUT2D eigenvalue weighted by atomic mass is 10.0. The molecule has 26 heavy (non-hydrogen) atoms. The van der Waals surface area contributed by atoms with Gasteiger partial charge in [0, 0.05) is 24.2 Å². The van der Waals surface area contributed by atoms with Crippen LogP contribution in [-0.4, -0.2) is 32.5 Å². The van der Waals surface area contributed by atoms with Gasteiger partial charge in [-0.3, -0.25) is 9.59 Å². The number of rotatable bonds is 2. The second kappa shape index (κ2) is 6.25. The first-order valence-electron chi connectivity index (χ1n) is 8.53.